The van der Waals surface area contributed by atoms with E-state index in [1.165, 1.54) is 17.7 Å². The number of anilines is 1. The number of carbonyl (C=O) groups excluding carboxylic acids is 1. The number of imidazole rings is 1. The van der Waals surface area contributed by atoms with Gasteiger partial charge in [0.15, 0.2) is 11.5 Å². The molecule has 0 radical (unpaired) electrons. The highest BCUT2D eigenvalue weighted by molar-refractivity contribution is 7.21. The standard InChI is InChI=1S/C30H23N9O3S/c1-2-19(35-26-24-25(32-14-31-24)33-15-34-26)27-36-21-10-6-9-18(23(21)30(41)39(27)17-7-4-3-5-8-17)29-37-20-12-11-16(28(40)38-42)13-22(20)43-29/h3-15,19,42H,2H2,1H3,(H,38,40)(H2,31,32,33,34,35). The van der Waals surface area contributed by atoms with Crippen molar-refractivity contribution in [3.05, 3.63) is 101 Å². The first-order valence-electron chi connectivity index (χ1n) is 13.4. The first kappa shape index (κ1) is 26.4. The minimum atomic E-state index is -0.612. The van der Waals surface area contributed by atoms with Gasteiger partial charge in [0, 0.05) is 11.1 Å². The number of carbonyl (C=O) groups is 1. The number of benzene rings is 3. The lowest BCUT2D eigenvalue weighted by Gasteiger charge is -2.22. The van der Waals surface area contributed by atoms with Crippen LogP contribution in [0.15, 0.2) is 84.2 Å². The predicted molar refractivity (Wildman–Crippen MR) is 164 cm³/mol. The average molecular weight is 590 g/mol. The third-order valence-corrected chi connectivity index (χ3v) is 8.23. The Bertz CT molecular complexity index is 2210. The van der Waals surface area contributed by atoms with Crippen molar-refractivity contribution in [1.82, 2.24) is 40.0 Å². The van der Waals surface area contributed by atoms with E-state index in [1.54, 1.807) is 34.6 Å². The van der Waals surface area contributed by atoms with Gasteiger partial charge in [0.1, 0.15) is 22.7 Å². The minimum Gasteiger partial charge on any atom is -0.358 e. The summed E-state index contributed by atoms with van der Waals surface area (Å²) in [6, 6.07) is 19.5. The van der Waals surface area contributed by atoms with Crippen LogP contribution >= 0.6 is 11.3 Å². The van der Waals surface area contributed by atoms with Gasteiger partial charge in [-0.25, -0.2) is 30.4 Å². The van der Waals surface area contributed by atoms with Crippen LogP contribution in [0.25, 0.3) is 48.5 Å². The number of para-hydroxylation sites is 1. The quantitative estimate of drug-likeness (QED) is 0.148. The molecule has 0 aliphatic rings. The molecule has 1 amide bonds. The summed E-state index contributed by atoms with van der Waals surface area (Å²) in [4.78, 5) is 52.2. The fourth-order valence-electron chi connectivity index (χ4n) is 5.12. The maximum Gasteiger partial charge on any atom is 0.274 e. The summed E-state index contributed by atoms with van der Waals surface area (Å²) >= 11 is 1.35. The fraction of sp³-hybridized carbons (Fsp3) is 0.100. The zero-order valence-corrected chi connectivity index (χ0v) is 23.5. The van der Waals surface area contributed by atoms with Gasteiger partial charge >= 0.3 is 0 Å². The van der Waals surface area contributed by atoms with Gasteiger partial charge in [-0.05, 0) is 42.8 Å². The van der Waals surface area contributed by atoms with Crippen LogP contribution in [0.2, 0.25) is 0 Å². The fourth-order valence-corrected chi connectivity index (χ4v) is 6.16. The molecule has 0 aliphatic heterocycles. The number of nitrogens with zero attached hydrogens (tertiary/aromatic N) is 6. The number of aromatic amines is 1. The van der Waals surface area contributed by atoms with E-state index in [-0.39, 0.29) is 11.6 Å². The summed E-state index contributed by atoms with van der Waals surface area (Å²) in [5.41, 5.74) is 5.41. The number of hydrogen-bond acceptors (Lipinski definition) is 10. The third-order valence-electron chi connectivity index (χ3n) is 7.17. The van der Waals surface area contributed by atoms with Crippen LogP contribution in [0.3, 0.4) is 0 Å². The number of nitrogens with one attached hydrogen (secondary N) is 3. The molecule has 3 aromatic carbocycles. The van der Waals surface area contributed by atoms with E-state index < -0.39 is 5.91 Å². The van der Waals surface area contributed by atoms with Gasteiger partial charge in [-0.3, -0.25) is 19.4 Å². The largest absolute Gasteiger partial charge is 0.358 e. The van der Waals surface area contributed by atoms with E-state index in [2.05, 4.69) is 25.3 Å². The van der Waals surface area contributed by atoms with Gasteiger partial charge in [0.05, 0.1) is 39.2 Å². The number of fused-ring (bicyclic) bond motifs is 3. The molecule has 4 N–H and O–H groups in total. The number of aromatic nitrogens is 7. The lowest BCUT2D eigenvalue weighted by atomic mass is 10.1. The van der Waals surface area contributed by atoms with Crippen molar-refractivity contribution in [3.8, 4) is 16.3 Å². The Morgan fingerprint density at radius 1 is 1.02 bits per heavy atom. The first-order chi connectivity index (χ1) is 21.1. The van der Waals surface area contributed by atoms with Crippen LogP contribution in [0, 0.1) is 0 Å². The van der Waals surface area contributed by atoms with Gasteiger partial charge in [0.2, 0.25) is 0 Å². The molecule has 0 spiro atoms. The maximum atomic E-state index is 14.5. The zero-order valence-electron chi connectivity index (χ0n) is 22.6. The molecular formula is C30H23N9O3S. The van der Waals surface area contributed by atoms with Crippen molar-refractivity contribution in [1.29, 1.82) is 0 Å². The Labute approximate surface area is 247 Å². The van der Waals surface area contributed by atoms with Gasteiger partial charge < -0.3 is 10.3 Å². The molecule has 1 atom stereocenters. The number of thiazole rings is 1. The topological polar surface area (TPSA) is 164 Å². The highest BCUT2D eigenvalue weighted by Crippen LogP contribution is 2.35. The minimum absolute atomic E-state index is 0.240. The van der Waals surface area contributed by atoms with E-state index in [1.807, 2.05) is 55.5 Å². The number of hydroxylamine groups is 1. The molecule has 7 aromatic rings. The Kier molecular flexibility index (Phi) is 6.57. The van der Waals surface area contributed by atoms with Crippen LogP contribution in [-0.4, -0.2) is 45.6 Å². The van der Waals surface area contributed by atoms with Crippen molar-refractivity contribution < 1.29 is 10.0 Å². The summed E-state index contributed by atoms with van der Waals surface area (Å²) in [5.74, 6) is 0.471. The highest BCUT2D eigenvalue weighted by atomic mass is 32.1. The smallest absolute Gasteiger partial charge is 0.274 e. The number of hydrogen-bond donors (Lipinski definition) is 4. The van der Waals surface area contributed by atoms with E-state index in [0.717, 1.165) is 4.70 Å². The Morgan fingerprint density at radius 2 is 1.88 bits per heavy atom. The van der Waals surface area contributed by atoms with Crippen LogP contribution in [0.5, 0.6) is 0 Å². The summed E-state index contributed by atoms with van der Waals surface area (Å²) in [6.45, 7) is 2.01. The van der Waals surface area contributed by atoms with Gasteiger partial charge in [-0.2, -0.15) is 0 Å². The summed E-state index contributed by atoms with van der Waals surface area (Å²) in [7, 11) is 0. The molecule has 0 saturated heterocycles. The molecular weight excluding hydrogens is 566 g/mol. The molecule has 4 heterocycles. The molecule has 0 fully saturated rings. The molecule has 0 saturated carbocycles. The molecule has 212 valence electrons. The number of rotatable bonds is 7. The van der Waals surface area contributed by atoms with Crippen LogP contribution in [0.4, 0.5) is 5.82 Å². The van der Waals surface area contributed by atoms with E-state index >= 15 is 0 Å². The molecule has 0 aliphatic carbocycles. The maximum absolute atomic E-state index is 14.5. The summed E-state index contributed by atoms with van der Waals surface area (Å²) < 4.78 is 2.38. The first-order valence-corrected chi connectivity index (χ1v) is 14.2. The second-order valence-corrected chi connectivity index (χ2v) is 10.7. The Balaban J connectivity index is 1.43. The summed E-state index contributed by atoms with van der Waals surface area (Å²) in [6.07, 6.45) is 3.61. The Morgan fingerprint density at radius 3 is 2.70 bits per heavy atom. The molecule has 7 rings (SSSR count). The van der Waals surface area contributed by atoms with Gasteiger partial charge in [0.25, 0.3) is 11.5 Å². The lowest BCUT2D eigenvalue weighted by molar-refractivity contribution is 0.0706. The number of amides is 1. The third kappa shape index (κ3) is 4.56. The lowest BCUT2D eigenvalue weighted by Crippen LogP contribution is -2.28. The van der Waals surface area contributed by atoms with Crippen LogP contribution < -0.4 is 16.4 Å². The molecule has 13 heteroatoms. The van der Waals surface area contributed by atoms with Crippen molar-refractivity contribution in [2.45, 2.75) is 19.4 Å². The van der Waals surface area contributed by atoms with Crippen molar-refractivity contribution >= 4 is 55.3 Å². The predicted octanol–water partition coefficient (Wildman–Crippen LogP) is 5.01. The molecule has 1 unspecified atom stereocenters. The second-order valence-electron chi connectivity index (χ2n) is 9.72. The SMILES string of the molecule is CCC(Nc1ncnc2nc[nH]c12)c1nc2cccc(-c3nc4ccc(C(=O)NO)cc4s3)c2c(=O)n1-c1ccccc1. The molecule has 0 bridgehead atoms. The van der Waals surface area contributed by atoms with Crippen molar-refractivity contribution in [3.63, 3.8) is 0 Å². The molecule has 43 heavy (non-hydrogen) atoms. The normalized spacial score (nSPS) is 12.1. The van der Waals surface area contributed by atoms with Crippen molar-refractivity contribution in [2.24, 2.45) is 0 Å². The molecule has 4 aromatic heterocycles. The monoisotopic (exact) mass is 589 g/mol. The van der Waals surface area contributed by atoms with Crippen LogP contribution in [0.1, 0.15) is 35.6 Å². The van der Waals surface area contributed by atoms with Crippen molar-refractivity contribution in [2.75, 3.05) is 5.32 Å². The zero-order chi connectivity index (χ0) is 29.5. The van der Waals surface area contributed by atoms with E-state index in [0.29, 0.717) is 67.5 Å². The van der Waals surface area contributed by atoms with E-state index in [4.69, 9.17) is 15.2 Å². The van der Waals surface area contributed by atoms with Gasteiger partial charge in [-0.15, -0.1) is 11.3 Å². The highest BCUT2D eigenvalue weighted by Gasteiger charge is 2.24. The molecule has 12 nitrogen and oxygen atoms in total. The second kappa shape index (κ2) is 10.7. The Hall–Kier alpha value is -5.53. The summed E-state index contributed by atoms with van der Waals surface area (Å²) in [5, 5.41) is 13.5. The average Bonchev–Trinajstić information content (AvgIpc) is 3.71. The van der Waals surface area contributed by atoms with Crippen LogP contribution in [-0.2, 0) is 0 Å². The van der Waals surface area contributed by atoms with E-state index in [9.17, 15) is 9.59 Å². The van der Waals surface area contributed by atoms with Gasteiger partial charge in [-0.1, -0.05) is 37.3 Å². The number of H-pyrrole nitrogens is 1.